The number of rotatable bonds is 7. The molecule has 0 saturated carbocycles. The second-order valence-corrected chi connectivity index (χ2v) is 5.51. The SMILES string of the molecule is Cc1cc(C(=O)NCCCO)ccc1NC(=O)CC(C)C. The summed E-state index contributed by atoms with van der Waals surface area (Å²) < 4.78 is 0. The zero-order chi connectivity index (χ0) is 15.8. The van der Waals surface area contributed by atoms with Gasteiger partial charge in [0.05, 0.1) is 0 Å². The van der Waals surface area contributed by atoms with Crippen molar-refractivity contribution in [2.24, 2.45) is 5.92 Å². The van der Waals surface area contributed by atoms with Gasteiger partial charge in [-0.25, -0.2) is 0 Å². The van der Waals surface area contributed by atoms with Crippen molar-refractivity contribution >= 4 is 17.5 Å². The van der Waals surface area contributed by atoms with Gasteiger partial charge in [0.15, 0.2) is 0 Å². The second-order valence-electron chi connectivity index (χ2n) is 5.51. The first-order valence-electron chi connectivity index (χ1n) is 7.23. The molecule has 5 heteroatoms. The number of hydrogen-bond acceptors (Lipinski definition) is 3. The van der Waals surface area contributed by atoms with Crippen molar-refractivity contribution in [3.8, 4) is 0 Å². The Bertz CT molecular complexity index is 498. The van der Waals surface area contributed by atoms with Crippen LogP contribution in [-0.4, -0.2) is 30.1 Å². The molecule has 2 amide bonds. The number of nitrogens with one attached hydrogen (secondary N) is 2. The van der Waals surface area contributed by atoms with Gasteiger partial charge >= 0.3 is 0 Å². The molecule has 1 rings (SSSR count). The van der Waals surface area contributed by atoms with E-state index < -0.39 is 0 Å². The lowest BCUT2D eigenvalue weighted by atomic mass is 10.1. The van der Waals surface area contributed by atoms with E-state index in [9.17, 15) is 9.59 Å². The summed E-state index contributed by atoms with van der Waals surface area (Å²) in [5.41, 5.74) is 2.13. The van der Waals surface area contributed by atoms with Crippen LogP contribution in [-0.2, 0) is 4.79 Å². The summed E-state index contributed by atoms with van der Waals surface area (Å²) in [6.45, 7) is 6.34. The molecule has 0 fully saturated rings. The van der Waals surface area contributed by atoms with E-state index in [-0.39, 0.29) is 18.4 Å². The minimum Gasteiger partial charge on any atom is -0.396 e. The highest BCUT2D eigenvalue weighted by Gasteiger charge is 2.10. The molecule has 0 heterocycles. The van der Waals surface area contributed by atoms with Crippen molar-refractivity contribution in [3.05, 3.63) is 29.3 Å². The maximum Gasteiger partial charge on any atom is 0.251 e. The van der Waals surface area contributed by atoms with Gasteiger partial charge in [0, 0.05) is 30.8 Å². The maximum atomic E-state index is 11.9. The van der Waals surface area contributed by atoms with E-state index in [4.69, 9.17) is 5.11 Å². The van der Waals surface area contributed by atoms with Crippen molar-refractivity contribution in [2.75, 3.05) is 18.5 Å². The van der Waals surface area contributed by atoms with E-state index in [2.05, 4.69) is 10.6 Å². The molecule has 0 radical (unpaired) electrons. The lowest BCUT2D eigenvalue weighted by molar-refractivity contribution is -0.116. The van der Waals surface area contributed by atoms with Crippen LogP contribution in [0.5, 0.6) is 0 Å². The molecule has 0 aliphatic heterocycles. The van der Waals surface area contributed by atoms with Crippen molar-refractivity contribution < 1.29 is 14.7 Å². The highest BCUT2D eigenvalue weighted by atomic mass is 16.3. The lowest BCUT2D eigenvalue weighted by Crippen LogP contribution is -2.25. The van der Waals surface area contributed by atoms with Crippen LogP contribution in [0, 0.1) is 12.8 Å². The number of anilines is 1. The molecule has 0 aliphatic rings. The lowest BCUT2D eigenvalue weighted by Gasteiger charge is -2.11. The first-order valence-corrected chi connectivity index (χ1v) is 7.23. The molecular weight excluding hydrogens is 268 g/mol. The van der Waals surface area contributed by atoms with E-state index in [1.54, 1.807) is 18.2 Å². The quantitative estimate of drug-likeness (QED) is 0.673. The van der Waals surface area contributed by atoms with Crippen LogP contribution in [0.25, 0.3) is 0 Å². The summed E-state index contributed by atoms with van der Waals surface area (Å²) >= 11 is 0. The van der Waals surface area contributed by atoms with Gasteiger partial charge in [-0.3, -0.25) is 9.59 Å². The van der Waals surface area contributed by atoms with Gasteiger partial charge in [-0.1, -0.05) is 13.8 Å². The van der Waals surface area contributed by atoms with E-state index >= 15 is 0 Å². The summed E-state index contributed by atoms with van der Waals surface area (Å²) in [7, 11) is 0. The Labute approximate surface area is 125 Å². The minimum atomic E-state index is -0.174. The average molecular weight is 292 g/mol. The Kier molecular flexibility index (Phi) is 6.88. The van der Waals surface area contributed by atoms with E-state index in [0.717, 1.165) is 11.3 Å². The third kappa shape index (κ3) is 5.95. The number of carbonyl (C=O) groups is 2. The van der Waals surface area contributed by atoms with Gasteiger partial charge in [-0.2, -0.15) is 0 Å². The third-order valence-corrected chi connectivity index (χ3v) is 2.98. The molecule has 1 aromatic rings. The monoisotopic (exact) mass is 292 g/mol. The van der Waals surface area contributed by atoms with Gasteiger partial charge in [-0.05, 0) is 43.0 Å². The average Bonchev–Trinajstić information content (AvgIpc) is 2.40. The van der Waals surface area contributed by atoms with Crippen LogP contribution in [0.1, 0.15) is 42.6 Å². The number of carbonyl (C=O) groups excluding carboxylic acids is 2. The van der Waals surface area contributed by atoms with Crippen molar-refractivity contribution in [1.82, 2.24) is 5.32 Å². The smallest absolute Gasteiger partial charge is 0.251 e. The van der Waals surface area contributed by atoms with Gasteiger partial charge in [0.1, 0.15) is 0 Å². The second kappa shape index (κ2) is 8.42. The highest BCUT2D eigenvalue weighted by Crippen LogP contribution is 2.17. The molecule has 0 unspecified atom stereocenters. The number of aliphatic hydroxyl groups excluding tert-OH is 1. The van der Waals surface area contributed by atoms with Gasteiger partial charge in [0.25, 0.3) is 5.91 Å². The predicted octanol–water partition coefficient (Wildman–Crippen LogP) is 2.09. The topological polar surface area (TPSA) is 78.4 Å². The van der Waals surface area contributed by atoms with Crippen LogP contribution in [0.15, 0.2) is 18.2 Å². The fourth-order valence-corrected chi connectivity index (χ4v) is 1.90. The molecule has 0 aromatic heterocycles. The number of benzene rings is 1. The van der Waals surface area contributed by atoms with Crippen LogP contribution < -0.4 is 10.6 Å². The highest BCUT2D eigenvalue weighted by molar-refractivity contribution is 5.96. The van der Waals surface area contributed by atoms with E-state index in [0.29, 0.717) is 30.9 Å². The summed E-state index contributed by atoms with van der Waals surface area (Å²) in [5.74, 6) is 0.113. The van der Waals surface area contributed by atoms with Crippen molar-refractivity contribution in [1.29, 1.82) is 0 Å². The Morgan fingerprint density at radius 3 is 2.57 bits per heavy atom. The largest absolute Gasteiger partial charge is 0.396 e. The van der Waals surface area contributed by atoms with Crippen molar-refractivity contribution in [3.63, 3.8) is 0 Å². The van der Waals surface area contributed by atoms with Crippen LogP contribution >= 0.6 is 0 Å². The molecule has 1 aromatic carbocycles. The molecule has 21 heavy (non-hydrogen) atoms. The Morgan fingerprint density at radius 2 is 2.00 bits per heavy atom. The summed E-state index contributed by atoms with van der Waals surface area (Å²) in [4.78, 5) is 23.6. The third-order valence-electron chi connectivity index (χ3n) is 2.98. The van der Waals surface area contributed by atoms with Crippen LogP contribution in [0.4, 0.5) is 5.69 Å². The van der Waals surface area contributed by atoms with Crippen molar-refractivity contribution in [2.45, 2.75) is 33.6 Å². The maximum absolute atomic E-state index is 11.9. The van der Waals surface area contributed by atoms with Gasteiger partial charge in [-0.15, -0.1) is 0 Å². The van der Waals surface area contributed by atoms with Crippen LogP contribution in [0.3, 0.4) is 0 Å². The molecule has 0 aliphatic carbocycles. The van der Waals surface area contributed by atoms with E-state index in [1.165, 1.54) is 0 Å². The fraction of sp³-hybridized carbons (Fsp3) is 0.500. The zero-order valence-corrected chi connectivity index (χ0v) is 12.9. The number of aryl methyl sites for hydroxylation is 1. The number of hydrogen-bond donors (Lipinski definition) is 3. The number of aliphatic hydroxyl groups is 1. The summed E-state index contributed by atoms with van der Waals surface area (Å²) in [6, 6.07) is 5.18. The predicted molar refractivity (Wildman–Crippen MR) is 83.3 cm³/mol. The molecule has 116 valence electrons. The molecule has 0 spiro atoms. The number of amides is 2. The molecule has 5 nitrogen and oxygen atoms in total. The van der Waals surface area contributed by atoms with Crippen LogP contribution in [0.2, 0.25) is 0 Å². The molecule has 0 saturated heterocycles. The fourth-order valence-electron chi connectivity index (χ4n) is 1.90. The normalized spacial score (nSPS) is 10.5. The first-order chi connectivity index (χ1) is 9.93. The molecule has 0 atom stereocenters. The molecule has 3 N–H and O–H groups in total. The van der Waals surface area contributed by atoms with Gasteiger partial charge in [0.2, 0.25) is 5.91 Å². The Morgan fingerprint density at radius 1 is 1.29 bits per heavy atom. The van der Waals surface area contributed by atoms with Gasteiger partial charge < -0.3 is 15.7 Å². The molecule has 0 bridgehead atoms. The molecular formula is C16H24N2O3. The standard InChI is InChI=1S/C16H24N2O3/c1-11(2)9-15(20)18-14-6-5-13(10-12(14)3)16(21)17-7-4-8-19/h5-6,10-11,19H,4,7-9H2,1-3H3,(H,17,21)(H,18,20). The Hall–Kier alpha value is -1.88. The Balaban J connectivity index is 2.67. The zero-order valence-electron chi connectivity index (χ0n) is 12.9. The first kappa shape index (κ1) is 17.2. The minimum absolute atomic E-state index is 0.0201. The summed E-state index contributed by atoms with van der Waals surface area (Å²) in [5, 5.41) is 14.3. The van der Waals surface area contributed by atoms with E-state index in [1.807, 2.05) is 20.8 Å². The summed E-state index contributed by atoms with van der Waals surface area (Å²) in [6.07, 6.45) is 1.01.